The Morgan fingerprint density at radius 3 is 2.48 bits per heavy atom. The maximum Gasteiger partial charge on any atom is 0.234 e. The fourth-order valence-corrected chi connectivity index (χ4v) is 3.68. The van der Waals surface area contributed by atoms with Crippen LogP contribution in [0.1, 0.15) is 10.4 Å². The predicted molar refractivity (Wildman–Crippen MR) is 101 cm³/mol. The summed E-state index contributed by atoms with van der Waals surface area (Å²) in [7, 11) is 1.65. The van der Waals surface area contributed by atoms with Crippen molar-refractivity contribution in [2.75, 3.05) is 39.8 Å². The molecular formula is C19H25N3O2S. The molecule has 1 aliphatic rings. The van der Waals surface area contributed by atoms with Gasteiger partial charge in [-0.05, 0) is 29.1 Å². The van der Waals surface area contributed by atoms with Crippen molar-refractivity contribution in [3.05, 3.63) is 52.2 Å². The van der Waals surface area contributed by atoms with Gasteiger partial charge in [0.15, 0.2) is 0 Å². The van der Waals surface area contributed by atoms with Gasteiger partial charge >= 0.3 is 0 Å². The monoisotopic (exact) mass is 359 g/mol. The third-order valence-electron chi connectivity index (χ3n) is 4.44. The Kier molecular flexibility index (Phi) is 6.44. The smallest absolute Gasteiger partial charge is 0.234 e. The van der Waals surface area contributed by atoms with Gasteiger partial charge in [-0.2, -0.15) is 0 Å². The second-order valence-electron chi connectivity index (χ2n) is 6.26. The topological polar surface area (TPSA) is 44.8 Å². The van der Waals surface area contributed by atoms with E-state index in [2.05, 4.69) is 32.6 Å². The van der Waals surface area contributed by atoms with Crippen LogP contribution in [0.4, 0.5) is 0 Å². The number of ether oxygens (including phenoxy) is 1. The molecule has 1 aromatic carbocycles. The summed E-state index contributed by atoms with van der Waals surface area (Å²) >= 11 is 1.81. The molecule has 0 saturated carbocycles. The quantitative estimate of drug-likeness (QED) is 0.823. The summed E-state index contributed by atoms with van der Waals surface area (Å²) in [6.45, 7) is 5.98. The number of carbonyl (C=O) groups is 1. The zero-order chi connectivity index (χ0) is 17.5. The van der Waals surface area contributed by atoms with Crippen molar-refractivity contribution in [1.29, 1.82) is 0 Å². The predicted octanol–water partition coefficient (Wildman–Crippen LogP) is 2.19. The fourth-order valence-electron chi connectivity index (χ4n) is 2.93. The molecular weight excluding hydrogens is 334 g/mol. The van der Waals surface area contributed by atoms with Crippen LogP contribution < -0.4 is 10.1 Å². The van der Waals surface area contributed by atoms with E-state index in [1.807, 2.05) is 35.6 Å². The summed E-state index contributed by atoms with van der Waals surface area (Å²) in [6.07, 6.45) is 0. The van der Waals surface area contributed by atoms with Gasteiger partial charge in [0.2, 0.25) is 5.91 Å². The number of hydrogen-bond donors (Lipinski definition) is 1. The number of piperazine rings is 1. The molecule has 1 saturated heterocycles. The third kappa shape index (κ3) is 5.56. The van der Waals surface area contributed by atoms with Gasteiger partial charge in [-0.25, -0.2) is 0 Å². The van der Waals surface area contributed by atoms with Crippen LogP contribution in [0.15, 0.2) is 41.8 Å². The van der Waals surface area contributed by atoms with Gasteiger partial charge in [0.25, 0.3) is 0 Å². The van der Waals surface area contributed by atoms with Crippen LogP contribution >= 0.6 is 11.3 Å². The van der Waals surface area contributed by atoms with Gasteiger partial charge < -0.3 is 10.1 Å². The molecule has 5 nitrogen and oxygen atoms in total. The lowest BCUT2D eigenvalue weighted by molar-refractivity contribution is -0.122. The van der Waals surface area contributed by atoms with Gasteiger partial charge in [-0.3, -0.25) is 14.6 Å². The number of thiophene rings is 1. The Morgan fingerprint density at radius 2 is 1.84 bits per heavy atom. The first kappa shape index (κ1) is 17.9. The minimum Gasteiger partial charge on any atom is -0.497 e. The average molecular weight is 359 g/mol. The van der Waals surface area contributed by atoms with Crippen LogP contribution in [0.25, 0.3) is 0 Å². The minimum absolute atomic E-state index is 0.0857. The molecule has 0 spiro atoms. The molecule has 0 bridgehead atoms. The van der Waals surface area contributed by atoms with Gasteiger partial charge in [-0.1, -0.05) is 18.2 Å². The Bertz CT molecular complexity index is 650. The van der Waals surface area contributed by atoms with Crippen molar-refractivity contribution < 1.29 is 9.53 Å². The number of nitrogens with one attached hydrogen (secondary N) is 1. The minimum atomic E-state index is 0.0857. The summed E-state index contributed by atoms with van der Waals surface area (Å²) in [5.74, 6) is 0.915. The Morgan fingerprint density at radius 1 is 1.12 bits per heavy atom. The van der Waals surface area contributed by atoms with E-state index in [1.54, 1.807) is 7.11 Å². The highest BCUT2D eigenvalue weighted by Gasteiger charge is 2.19. The zero-order valence-corrected chi connectivity index (χ0v) is 15.4. The molecule has 1 amide bonds. The zero-order valence-electron chi connectivity index (χ0n) is 14.6. The Balaban J connectivity index is 1.35. The summed E-state index contributed by atoms with van der Waals surface area (Å²) in [5.41, 5.74) is 1.08. The van der Waals surface area contributed by atoms with Gasteiger partial charge in [0.1, 0.15) is 5.75 Å². The summed E-state index contributed by atoms with van der Waals surface area (Å²) in [6, 6.07) is 12.1. The van der Waals surface area contributed by atoms with Crippen molar-refractivity contribution in [3.8, 4) is 5.75 Å². The lowest BCUT2D eigenvalue weighted by atomic mass is 10.2. The molecule has 0 unspecified atom stereocenters. The van der Waals surface area contributed by atoms with Crippen molar-refractivity contribution >= 4 is 17.2 Å². The molecule has 0 radical (unpaired) electrons. The van der Waals surface area contributed by atoms with Crippen LogP contribution in [0.5, 0.6) is 5.75 Å². The maximum absolute atomic E-state index is 12.2. The summed E-state index contributed by atoms with van der Waals surface area (Å²) in [5, 5.41) is 5.12. The van der Waals surface area contributed by atoms with E-state index in [4.69, 9.17) is 4.74 Å². The largest absolute Gasteiger partial charge is 0.497 e. The molecule has 6 heteroatoms. The van der Waals surface area contributed by atoms with E-state index in [-0.39, 0.29) is 5.91 Å². The number of amides is 1. The molecule has 134 valence electrons. The van der Waals surface area contributed by atoms with E-state index >= 15 is 0 Å². The molecule has 1 aromatic heterocycles. The standard InChI is InChI=1S/C19H25N3O2S/c1-24-17-6-4-16(5-7-17)13-20-19(23)15-22-10-8-21(9-11-22)14-18-3-2-12-25-18/h2-7,12H,8-11,13-15H2,1H3,(H,20,23). The molecule has 1 aliphatic heterocycles. The first-order valence-corrected chi connectivity index (χ1v) is 9.47. The number of methoxy groups -OCH3 is 1. The van der Waals surface area contributed by atoms with E-state index < -0.39 is 0 Å². The lowest BCUT2D eigenvalue weighted by Gasteiger charge is -2.34. The van der Waals surface area contributed by atoms with Crippen molar-refractivity contribution in [2.24, 2.45) is 0 Å². The molecule has 2 aromatic rings. The second kappa shape index (κ2) is 8.99. The number of benzene rings is 1. The normalized spacial score (nSPS) is 15.9. The van der Waals surface area contributed by atoms with Gasteiger partial charge in [-0.15, -0.1) is 11.3 Å². The molecule has 0 atom stereocenters. The SMILES string of the molecule is COc1ccc(CNC(=O)CN2CCN(Cc3cccs3)CC2)cc1. The van der Waals surface area contributed by atoms with Crippen LogP contribution in [0.2, 0.25) is 0 Å². The van der Waals surface area contributed by atoms with Gasteiger partial charge in [0, 0.05) is 44.1 Å². The molecule has 25 heavy (non-hydrogen) atoms. The Hall–Kier alpha value is -1.89. The molecule has 3 rings (SSSR count). The molecule has 2 heterocycles. The van der Waals surface area contributed by atoms with Crippen LogP contribution in [0, 0.1) is 0 Å². The van der Waals surface area contributed by atoms with Crippen molar-refractivity contribution in [3.63, 3.8) is 0 Å². The molecule has 1 N–H and O–H groups in total. The van der Waals surface area contributed by atoms with E-state index in [0.717, 1.165) is 44.0 Å². The van der Waals surface area contributed by atoms with Crippen LogP contribution in [-0.2, 0) is 17.9 Å². The van der Waals surface area contributed by atoms with Crippen LogP contribution in [0.3, 0.4) is 0 Å². The first-order chi connectivity index (χ1) is 12.2. The molecule has 0 aliphatic carbocycles. The highest BCUT2D eigenvalue weighted by molar-refractivity contribution is 7.09. The first-order valence-electron chi connectivity index (χ1n) is 8.59. The van der Waals surface area contributed by atoms with Gasteiger partial charge in [0.05, 0.1) is 13.7 Å². The highest BCUT2D eigenvalue weighted by atomic mass is 32.1. The van der Waals surface area contributed by atoms with Crippen LogP contribution in [-0.4, -0.2) is 55.5 Å². The fraction of sp³-hybridized carbons (Fsp3) is 0.421. The summed E-state index contributed by atoms with van der Waals surface area (Å²) < 4.78 is 5.14. The van der Waals surface area contributed by atoms with E-state index in [1.165, 1.54) is 4.88 Å². The second-order valence-corrected chi connectivity index (χ2v) is 7.29. The summed E-state index contributed by atoms with van der Waals surface area (Å²) in [4.78, 5) is 18.3. The highest BCUT2D eigenvalue weighted by Crippen LogP contribution is 2.13. The average Bonchev–Trinajstić information content (AvgIpc) is 3.15. The lowest BCUT2D eigenvalue weighted by Crippen LogP contribution is -2.48. The van der Waals surface area contributed by atoms with E-state index in [9.17, 15) is 4.79 Å². The molecule has 1 fully saturated rings. The van der Waals surface area contributed by atoms with Crippen molar-refractivity contribution in [1.82, 2.24) is 15.1 Å². The Labute approximate surface area is 153 Å². The van der Waals surface area contributed by atoms with E-state index in [0.29, 0.717) is 13.1 Å². The van der Waals surface area contributed by atoms with Crippen molar-refractivity contribution in [2.45, 2.75) is 13.1 Å². The number of nitrogens with zero attached hydrogens (tertiary/aromatic N) is 2. The maximum atomic E-state index is 12.2. The third-order valence-corrected chi connectivity index (χ3v) is 5.30. The number of carbonyl (C=O) groups excluding carboxylic acids is 1. The number of hydrogen-bond acceptors (Lipinski definition) is 5. The number of rotatable bonds is 7.